The van der Waals surface area contributed by atoms with Gasteiger partial charge in [0.1, 0.15) is 0 Å². The van der Waals surface area contributed by atoms with Gasteiger partial charge in [-0.1, -0.05) is 0 Å². The van der Waals surface area contributed by atoms with Crippen LogP contribution in [-0.4, -0.2) is 5.29 Å². The van der Waals surface area contributed by atoms with Crippen molar-refractivity contribution in [1.82, 2.24) is 0 Å². The SMILES string of the molecule is ClC1=NCc2cc(Br)c(I)cc2N1. The van der Waals surface area contributed by atoms with Gasteiger partial charge >= 0.3 is 0 Å². The maximum absolute atomic E-state index is 5.76. The van der Waals surface area contributed by atoms with Gasteiger partial charge in [0.15, 0.2) is 5.29 Å². The van der Waals surface area contributed by atoms with Crippen molar-refractivity contribution in [2.45, 2.75) is 6.54 Å². The molecule has 1 aliphatic rings. The molecule has 0 fully saturated rings. The van der Waals surface area contributed by atoms with Gasteiger partial charge in [-0.05, 0) is 67.8 Å². The lowest BCUT2D eigenvalue weighted by atomic mass is 10.1. The summed E-state index contributed by atoms with van der Waals surface area (Å²) in [4.78, 5) is 4.09. The molecule has 1 heterocycles. The van der Waals surface area contributed by atoms with E-state index in [1.54, 1.807) is 0 Å². The first-order valence-electron chi connectivity index (χ1n) is 3.62. The molecular weight excluding hydrogens is 366 g/mol. The van der Waals surface area contributed by atoms with Crippen LogP contribution in [0.15, 0.2) is 21.6 Å². The molecule has 1 N–H and O–H groups in total. The van der Waals surface area contributed by atoms with Crippen molar-refractivity contribution in [3.63, 3.8) is 0 Å². The van der Waals surface area contributed by atoms with Crippen LogP contribution in [0.2, 0.25) is 0 Å². The van der Waals surface area contributed by atoms with Gasteiger partial charge in [-0.25, -0.2) is 0 Å². The molecule has 2 rings (SSSR count). The molecule has 0 atom stereocenters. The molecular formula is C8H5BrClIN2. The number of aliphatic imine (C=N–C) groups is 1. The van der Waals surface area contributed by atoms with Crippen molar-refractivity contribution < 1.29 is 0 Å². The average molecular weight is 371 g/mol. The summed E-state index contributed by atoms with van der Waals surface area (Å²) in [6.07, 6.45) is 0. The molecule has 0 aliphatic carbocycles. The van der Waals surface area contributed by atoms with E-state index in [1.165, 1.54) is 0 Å². The zero-order chi connectivity index (χ0) is 9.42. The summed E-state index contributed by atoms with van der Waals surface area (Å²) >= 11 is 11.5. The first kappa shape index (κ1) is 9.73. The lowest BCUT2D eigenvalue weighted by Crippen LogP contribution is -2.12. The topological polar surface area (TPSA) is 24.4 Å². The number of rotatable bonds is 0. The number of nitrogens with zero attached hydrogens (tertiary/aromatic N) is 1. The largest absolute Gasteiger partial charge is 0.330 e. The fourth-order valence-electron chi connectivity index (χ4n) is 1.14. The first-order valence-corrected chi connectivity index (χ1v) is 5.86. The molecule has 13 heavy (non-hydrogen) atoms. The second-order valence-electron chi connectivity index (χ2n) is 2.66. The number of anilines is 1. The summed E-state index contributed by atoms with van der Waals surface area (Å²) in [7, 11) is 0. The molecule has 0 saturated carbocycles. The van der Waals surface area contributed by atoms with Gasteiger partial charge in [0.05, 0.1) is 6.54 Å². The number of amidine groups is 1. The molecule has 68 valence electrons. The minimum atomic E-state index is 0.464. The molecule has 0 saturated heterocycles. The molecule has 0 spiro atoms. The number of nitrogens with one attached hydrogen (secondary N) is 1. The second-order valence-corrected chi connectivity index (χ2v) is 5.03. The lowest BCUT2D eigenvalue weighted by molar-refractivity contribution is 1.05. The Bertz CT molecular complexity index is 392. The second kappa shape index (κ2) is 3.74. The van der Waals surface area contributed by atoms with Crippen LogP contribution >= 0.6 is 50.1 Å². The van der Waals surface area contributed by atoms with Crippen molar-refractivity contribution >= 4 is 61.1 Å². The van der Waals surface area contributed by atoms with Crippen LogP contribution in [0.1, 0.15) is 5.56 Å². The maximum Gasteiger partial charge on any atom is 0.196 e. The third-order valence-corrected chi connectivity index (χ3v) is 4.28. The summed E-state index contributed by atoms with van der Waals surface area (Å²) in [5.41, 5.74) is 2.21. The Balaban J connectivity index is 2.48. The zero-order valence-corrected chi connectivity index (χ0v) is 10.9. The Morgan fingerprint density at radius 1 is 1.54 bits per heavy atom. The van der Waals surface area contributed by atoms with Crippen LogP contribution in [0.3, 0.4) is 0 Å². The number of hydrogen-bond donors (Lipinski definition) is 1. The van der Waals surface area contributed by atoms with E-state index in [0.717, 1.165) is 19.3 Å². The third kappa shape index (κ3) is 1.99. The quantitative estimate of drug-likeness (QED) is 0.547. The highest BCUT2D eigenvalue weighted by Crippen LogP contribution is 2.29. The van der Waals surface area contributed by atoms with Crippen LogP contribution in [0.4, 0.5) is 5.69 Å². The predicted molar refractivity (Wildman–Crippen MR) is 67.5 cm³/mol. The van der Waals surface area contributed by atoms with Gasteiger partial charge in [0.25, 0.3) is 0 Å². The minimum Gasteiger partial charge on any atom is -0.330 e. The highest BCUT2D eigenvalue weighted by atomic mass is 127. The van der Waals surface area contributed by atoms with Crippen molar-refractivity contribution in [3.05, 3.63) is 25.7 Å². The van der Waals surface area contributed by atoms with Crippen molar-refractivity contribution in [3.8, 4) is 0 Å². The fourth-order valence-corrected chi connectivity index (χ4v) is 2.16. The third-order valence-electron chi connectivity index (χ3n) is 1.77. The molecule has 1 aromatic carbocycles. The van der Waals surface area contributed by atoms with Gasteiger partial charge < -0.3 is 5.32 Å². The number of benzene rings is 1. The van der Waals surface area contributed by atoms with E-state index in [1.807, 2.05) is 0 Å². The Morgan fingerprint density at radius 2 is 2.31 bits per heavy atom. The Kier molecular flexibility index (Phi) is 2.80. The highest BCUT2D eigenvalue weighted by molar-refractivity contribution is 14.1. The van der Waals surface area contributed by atoms with Crippen molar-refractivity contribution in [1.29, 1.82) is 0 Å². The van der Waals surface area contributed by atoms with Crippen LogP contribution in [0, 0.1) is 3.57 Å². The zero-order valence-electron chi connectivity index (χ0n) is 6.44. The van der Waals surface area contributed by atoms with E-state index in [0.29, 0.717) is 11.8 Å². The van der Waals surface area contributed by atoms with Gasteiger partial charge in [0.2, 0.25) is 0 Å². The van der Waals surface area contributed by atoms with E-state index in [4.69, 9.17) is 11.6 Å². The molecule has 1 aliphatic heterocycles. The molecule has 0 bridgehead atoms. The van der Waals surface area contributed by atoms with Gasteiger partial charge in [-0.3, -0.25) is 4.99 Å². The lowest BCUT2D eigenvalue weighted by Gasteiger charge is -2.15. The maximum atomic E-state index is 5.76. The molecule has 0 amide bonds. The van der Waals surface area contributed by atoms with Crippen molar-refractivity contribution in [2.24, 2.45) is 4.99 Å². The van der Waals surface area contributed by atoms with Crippen LogP contribution in [0.25, 0.3) is 0 Å². The first-order chi connectivity index (χ1) is 6.16. The normalized spacial score (nSPS) is 14.5. The van der Waals surface area contributed by atoms with Gasteiger partial charge in [0, 0.05) is 13.7 Å². The smallest absolute Gasteiger partial charge is 0.196 e. The van der Waals surface area contributed by atoms with E-state index in [2.05, 4.69) is 61.0 Å². The number of fused-ring (bicyclic) bond motifs is 1. The summed E-state index contributed by atoms with van der Waals surface area (Å²) in [6.45, 7) is 0.649. The Hall–Kier alpha value is 0.190. The molecule has 2 nitrogen and oxygen atoms in total. The number of halogens is 3. The molecule has 1 aromatic rings. The highest BCUT2D eigenvalue weighted by Gasteiger charge is 2.11. The molecule has 0 radical (unpaired) electrons. The monoisotopic (exact) mass is 370 g/mol. The van der Waals surface area contributed by atoms with Crippen LogP contribution in [0.5, 0.6) is 0 Å². The van der Waals surface area contributed by atoms with Crippen molar-refractivity contribution in [2.75, 3.05) is 5.32 Å². The van der Waals surface area contributed by atoms with Crippen LogP contribution in [-0.2, 0) is 6.54 Å². The van der Waals surface area contributed by atoms with Gasteiger partial charge in [-0.15, -0.1) is 0 Å². The summed E-state index contributed by atoms with van der Waals surface area (Å²) in [6, 6.07) is 4.12. The minimum absolute atomic E-state index is 0.464. The summed E-state index contributed by atoms with van der Waals surface area (Å²) in [5.74, 6) is 0. The van der Waals surface area contributed by atoms with E-state index in [9.17, 15) is 0 Å². The van der Waals surface area contributed by atoms with E-state index >= 15 is 0 Å². The Morgan fingerprint density at radius 3 is 3.08 bits per heavy atom. The average Bonchev–Trinajstić information content (AvgIpc) is 2.08. The number of hydrogen-bond acceptors (Lipinski definition) is 2. The van der Waals surface area contributed by atoms with Crippen LogP contribution < -0.4 is 5.32 Å². The Labute approximate surface area is 103 Å². The molecule has 0 unspecified atom stereocenters. The molecule has 0 aromatic heterocycles. The van der Waals surface area contributed by atoms with Gasteiger partial charge in [-0.2, -0.15) is 0 Å². The molecule has 5 heteroatoms. The van der Waals surface area contributed by atoms with E-state index in [-0.39, 0.29) is 0 Å². The summed E-state index contributed by atoms with van der Waals surface area (Å²) in [5, 5.41) is 3.48. The standard InChI is InChI=1S/C8H5BrClIN2/c9-5-1-4-3-12-8(10)13-7(4)2-6(5)11/h1-2H,3H2,(H,12,13). The summed E-state index contributed by atoms with van der Waals surface area (Å²) < 4.78 is 2.26. The predicted octanol–water partition coefficient (Wildman–Crippen LogP) is 3.57. The fraction of sp³-hybridized carbons (Fsp3) is 0.125. The van der Waals surface area contributed by atoms with E-state index < -0.39 is 0 Å².